The Morgan fingerprint density at radius 3 is 2.70 bits per heavy atom. The molecule has 23 heavy (non-hydrogen) atoms. The molecule has 0 aliphatic carbocycles. The predicted molar refractivity (Wildman–Crippen MR) is 89.0 cm³/mol. The number of anilines is 1. The third-order valence-corrected chi connectivity index (χ3v) is 3.58. The summed E-state index contributed by atoms with van der Waals surface area (Å²) in [4.78, 5) is 14.3. The number of nitrogens with zero attached hydrogens (tertiary/aromatic N) is 1. The van der Waals surface area contributed by atoms with Crippen molar-refractivity contribution in [2.45, 2.75) is 13.8 Å². The Morgan fingerprint density at radius 2 is 2.04 bits per heavy atom. The molecule has 1 aromatic carbocycles. The maximum atomic E-state index is 11.4. The Balaban J connectivity index is 1.76. The lowest BCUT2D eigenvalue weighted by Gasteiger charge is -2.07. The number of benzene rings is 1. The van der Waals surface area contributed by atoms with Crippen LogP contribution in [0, 0.1) is 13.8 Å². The number of esters is 1. The van der Waals surface area contributed by atoms with Crippen LogP contribution in [0.2, 0.25) is 0 Å². The number of hydrazone groups is 1. The molecule has 6 heteroatoms. The van der Waals surface area contributed by atoms with Crippen molar-refractivity contribution in [3.05, 3.63) is 52.9 Å². The van der Waals surface area contributed by atoms with Crippen LogP contribution in [0.1, 0.15) is 27.4 Å². The summed E-state index contributed by atoms with van der Waals surface area (Å²) in [6.07, 6.45) is 1.59. The first-order valence-corrected chi connectivity index (χ1v) is 7.14. The number of aromatic amines is 1. The van der Waals surface area contributed by atoms with Gasteiger partial charge >= 0.3 is 5.97 Å². The van der Waals surface area contributed by atoms with Gasteiger partial charge in [0.2, 0.25) is 5.71 Å². The molecule has 3 rings (SSSR count). The van der Waals surface area contributed by atoms with Gasteiger partial charge in [-0.1, -0.05) is 18.2 Å². The van der Waals surface area contributed by atoms with Gasteiger partial charge in [0.25, 0.3) is 0 Å². The predicted octanol–water partition coefficient (Wildman–Crippen LogP) is 3.61. The molecule has 0 saturated heterocycles. The second-order valence-electron chi connectivity index (χ2n) is 5.24. The molecule has 0 radical (unpaired) electrons. The number of aryl methyl sites for hydroxylation is 2. The zero-order valence-corrected chi connectivity index (χ0v) is 13.1. The smallest absolute Gasteiger partial charge is 0.354 e. The maximum absolute atomic E-state index is 11.4. The van der Waals surface area contributed by atoms with E-state index in [9.17, 15) is 4.79 Å². The van der Waals surface area contributed by atoms with E-state index < -0.39 is 5.97 Å². The van der Waals surface area contributed by atoms with E-state index in [0.717, 1.165) is 22.2 Å². The molecule has 0 fully saturated rings. The van der Waals surface area contributed by atoms with Crippen LogP contribution in [-0.4, -0.2) is 24.3 Å². The normalized spacial score (nSPS) is 11.3. The molecule has 2 N–H and O–H groups in total. The maximum Gasteiger partial charge on any atom is 0.354 e. The van der Waals surface area contributed by atoms with Crippen molar-refractivity contribution in [1.82, 2.24) is 4.98 Å². The Bertz CT molecular complexity index is 838. The lowest BCUT2D eigenvalue weighted by atomic mass is 10.1. The second-order valence-corrected chi connectivity index (χ2v) is 5.24. The van der Waals surface area contributed by atoms with Crippen molar-refractivity contribution in [2.24, 2.45) is 5.10 Å². The van der Waals surface area contributed by atoms with Crippen LogP contribution in [0.5, 0.6) is 0 Å². The van der Waals surface area contributed by atoms with Crippen LogP contribution in [-0.2, 0) is 4.74 Å². The Morgan fingerprint density at radius 1 is 1.30 bits per heavy atom. The van der Waals surface area contributed by atoms with E-state index in [1.165, 1.54) is 7.11 Å². The first-order valence-electron chi connectivity index (χ1n) is 7.14. The molecular weight excluding hydrogens is 294 g/mol. The highest BCUT2D eigenvalue weighted by Gasteiger charge is 2.12. The standard InChI is InChI=1S/C17H17N3O3/c1-10-5-4-6-11(2)15(10)20-18-9-13-7-12-8-14(17(21)22-3)19-16(12)23-13/h4-9,19-20H,1-3H3/b18-9+. The summed E-state index contributed by atoms with van der Waals surface area (Å²) in [5.41, 5.74) is 7.13. The quantitative estimate of drug-likeness (QED) is 0.438. The van der Waals surface area contributed by atoms with Gasteiger partial charge in [-0.3, -0.25) is 5.43 Å². The highest BCUT2D eigenvalue weighted by atomic mass is 16.5. The van der Waals surface area contributed by atoms with Crippen LogP contribution in [0.3, 0.4) is 0 Å². The molecule has 118 valence electrons. The van der Waals surface area contributed by atoms with E-state index in [-0.39, 0.29) is 0 Å². The van der Waals surface area contributed by atoms with Crippen LogP contribution >= 0.6 is 0 Å². The largest absolute Gasteiger partial charge is 0.464 e. The van der Waals surface area contributed by atoms with Gasteiger partial charge in [0.1, 0.15) is 11.5 Å². The van der Waals surface area contributed by atoms with E-state index in [0.29, 0.717) is 17.2 Å². The first kappa shape index (κ1) is 14.9. The zero-order chi connectivity index (χ0) is 16.4. The summed E-state index contributed by atoms with van der Waals surface area (Å²) < 4.78 is 10.2. The minimum Gasteiger partial charge on any atom is -0.464 e. The minimum atomic E-state index is -0.427. The number of furan rings is 1. The number of para-hydroxylation sites is 1. The number of ether oxygens (including phenoxy) is 1. The fraction of sp³-hybridized carbons (Fsp3) is 0.176. The number of nitrogens with one attached hydrogen (secondary N) is 2. The number of methoxy groups -OCH3 is 1. The number of carbonyl (C=O) groups is 1. The molecular formula is C17H17N3O3. The highest BCUT2D eigenvalue weighted by molar-refractivity contribution is 5.95. The minimum absolute atomic E-state index is 0.360. The molecule has 6 nitrogen and oxygen atoms in total. The van der Waals surface area contributed by atoms with Crippen LogP contribution in [0.15, 0.2) is 39.9 Å². The molecule has 0 saturated carbocycles. The fourth-order valence-corrected chi connectivity index (χ4v) is 2.38. The molecule has 3 aromatic rings. The van der Waals surface area contributed by atoms with Gasteiger partial charge in [-0.25, -0.2) is 4.79 Å². The molecule has 0 unspecified atom stereocenters. The van der Waals surface area contributed by atoms with Gasteiger partial charge in [0.05, 0.1) is 19.0 Å². The van der Waals surface area contributed by atoms with Crippen LogP contribution in [0.4, 0.5) is 5.69 Å². The highest BCUT2D eigenvalue weighted by Crippen LogP contribution is 2.21. The molecule has 0 bridgehead atoms. The topological polar surface area (TPSA) is 79.6 Å². The summed E-state index contributed by atoms with van der Waals surface area (Å²) in [5, 5.41) is 5.00. The monoisotopic (exact) mass is 311 g/mol. The lowest BCUT2D eigenvalue weighted by molar-refractivity contribution is 0.0595. The molecule has 0 spiro atoms. The second kappa shape index (κ2) is 6.00. The van der Waals surface area contributed by atoms with E-state index in [4.69, 9.17) is 4.42 Å². The third kappa shape index (κ3) is 2.96. The van der Waals surface area contributed by atoms with Crippen molar-refractivity contribution < 1.29 is 13.9 Å². The first-order chi connectivity index (χ1) is 11.1. The molecule has 2 aromatic heterocycles. The number of hydrogen-bond donors (Lipinski definition) is 2. The van der Waals surface area contributed by atoms with Gasteiger partial charge < -0.3 is 14.1 Å². The number of hydrogen-bond acceptors (Lipinski definition) is 5. The number of carbonyl (C=O) groups excluding carboxylic acids is 1. The van der Waals surface area contributed by atoms with E-state index in [2.05, 4.69) is 20.2 Å². The third-order valence-electron chi connectivity index (χ3n) is 3.58. The number of H-pyrrole nitrogens is 1. The van der Waals surface area contributed by atoms with E-state index in [1.807, 2.05) is 32.0 Å². The van der Waals surface area contributed by atoms with Gasteiger partial charge in [0, 0.05) is 5.39 Å². The molecule has 0 aliphatic rings. The molecule has 2 heterocycles. The Labute approximate surface area is 133 Å². The zero-order valence-electron chi connectivity index (χ0n) is 13.1. The average molecular weight is 311 g/mol. The van der Waals surface area contributed by atoms with Gasteiger partial charge in [0.15, 0.2) is 0 Å². The average Bonchev–Trinajstić information content (AvgIpc) is 3.08. The van der Waals surface area contributed by atoms with E-state index >= 15 is 0 Å². The van der Waals surface area contributed by atoms with Crippen molar-refractivity contribution in [3.8, 4) is 0 Å². The number of aromatic nitrogens is 1. The van der Waals surface area contributed by atoms with Crippen LogP contribution < -0.4 is 5.43 Å². The number of rotatable bonds is 4. The Kier molecular flexibility index (Phi) is 3.89. The molecule has 0 atom stereocenters. The van der Waals surface area contributed by atoms with Crippen molar-refractivity contribution >= 4 is 29.0 Å². The van der Waals surface area contributed by atoms with Crippen molar-refractivity contribution in [1.29, 1.82) is 0 Å². The summed E-state index contributed by atoms with van der Waals surface area (Å²) in [5.74, 6) is 0.157. The summed E-state index contributed by atoms with van der Waals surface area (Å²) in [6.45, 7) is 4.05. The SMILES string of the molecule is COC(=O)c1cc2cc(/C=N/Nc3c(C)cccc3C)oc2[nH]1. The van der Waals surface area contributed by atoms with E-state index in [1.54, 1.807) is 18.3 Å². The lowest BCUT2D eigenvalue weighted by Crippen LogP contribution is -2.00. The van der Waals surface area contributed by atoms with Crippen LogP contribution in [0.25, 0.3) is 11.1 Å². The fourth-order valence-electron chi connectivity index (χ4n) is 2.38. The summed E-state index contributed by atoms with van der Waals surface area (Å²) in [6, 6.07) is 9.54. The van der Waals surface area contributed by atoms with Gasteiger partial charge in [-0.05, 0) is 37.1 Å². The van der Waals surface area contributed by atoms with Crippen molar-refractivity contribution in [2.75, 3.05) is 12.5 Å². The summed E-state index contributed by atoms with van der Waals surface area (Å²) in [7, 11) is 1.34. The summed E-state index contributed by atoms with van der Waals surface area (Å²) >= 11 is 0. The van der Waals surface area contributed by atoms with Gasteiger partial charge in [-0.2, -0.15) is 5.10 Å². The molecule has 0 amide bonds. The van der Waals surface area contributed by atoms with Crippen molar-refractivity contribution in [3.63, 3.8) is 0 Å². The molecule has 0 aliphatic heterocycles. The Hall–Kier alpha value is -3.02. The number of fused-ring (bicyclic) bond motifs is 1. The van der Waals surface area contributed by atoms with Gasteiger partial charge in [-0.15, -0.1) is 0 Å².